The molecule has 96 valence electrons. The molecule has 0 amide bonds. The summed E-state index contributed by atoms with van der Waals surface area (Å²) in [5.74, 6) is -0.395. The highest BCUT2D eigenvalue weighted by molar-refractivity contribution is 9.10. The molecule has 3 nitrogen and oxygen atoms in total. The first-order valence-electron chi connectivity index (χ1n) is 4.95. The average Bonchev–Trinajstić information content (AvgIpc) is 2.06. The summed E-state index contributed by atoms with van der Waals surface area (Å²) in [4.78, 5) is 0. The van der Waals surface area contributed by atoms with Crippen LogP contribution in [-0.2, 0) is 20.2 Å². The Morgan fingerprint density at radius 3 is 2.29 bits per heavy atom. The van der Waals surface area contributed by atoms with Gasteiger partial charge in [-0.2, -0.15) is 0 Å². The van der Waals surface area contributed by atoms with Gasteiger partial charge < -0.3 is 5.11 Å². The van der Waals surface area contributed by atoms with Crippen LogP contribution in [0, 0.1) is 0 Å². The highest BCUT2D eigenvalue weighted by Crippen LogP contribution is 2.36. The third-order valence-electron chi connectivity index (χ3n) is 2.29. The number of phenols is 1. The van der Waals surface area contributed by atoms with E-state index in [0.29, 0.717) is 11.1 Å². The van der Waals surface area contributed by atoms with E-state index in [1.54, 1.807) is 12.1 Å². The maximum absolute atomic E-state index is 11.1. The summed E-state index contributed by atoms with van der Waals surface area (Å²) in [5, 5.41) is 10.1. The molecule has 0 aromatic heterocycles. The fourth-order valence-electron chi connectivity index (χ4n) is 1.52. The molecule has 0 spiro atoms. The van der Waals surface area contributed by atoms with E-state index >= 15 is 0 Å². The van der Waals surface area contributed by atoms with E-state index in [9.17, 15) is 13.5 Å². The highest BCUT2D eigenvalue weighted by atomic mass is 79.9. The van der Waals surface area contributed by atoms with E-state index in [1.807, 2.05) is 20.8 Å². The Kier molecular flexibility index (Phi) is 4.16. The summed E-state index contributed by atoms with van der Waals surface area (Å²) >= 11 is 3.30. The topological polar surface area (TPSA) is 54.4 Å². The van der Waals surface area contributed by atoms with Crippen LogP contribution in [0.15, 0.2) is 16.6 Å². The van der Waals surface area contributed by atoms with Gasteiger partial charge in [-0.15, -0.1) is 0 Å². The predicted octanol–water partition coefficient (Wildman–Crippen LogP) is 3.52. The molecule has 0 aliphatic rings. The predicted molar refractivity (Wildman–Crippen MR) is 73.0 cm³/mol. The van der Waals surface area contributed by atoms with E-state index in [4.69, 9.17) is 10.7 Å². The van der Waals surface area contributed by atoms with Crippen molar-refractivity contribution in [2.75, 3.05) is 0 Å². The number of hydrogen-bond donors (Lipinski definition) is 1. The molecule has 1 aromatic carbocycles. The summed E-state index contributed by atoms with van der Waals surface area (Å²) in [5.41, 5.74) is 0.708. The minimum absolute atomic E-state index is 0.00933. The first kappa shape index (κ1) is 14.8. The number of phenolic OH excluding ortho intramolecular Hbond substituents is 1. The van der Waals surface area contributed by atoms with Crippen molar-refractivity contribution in [3.63, 3.8) is 0 Å². The van der Waals surface area contributed by atoms with Crippen molar-refractivity contribution in [3.8, 4) is 5.75 Å². The van der Waals surface area contributed by atoms with Gasteiger partial charge in [0.15, 0.2) is 0 Å². The molecule has 0 bridgehead atoms. The van der Waals surface area contributed by atoms with Crippen molar-refractivity contribution >= 4 is 35.7 Å². The standard InChI is InChI=1S/C11H14BrClO3S/c1-11(2,3)9-5-8(12)4-7(10(9)14)6-17(13,15)16/h4-5,14H,6H2,1-3H3. The van der Waals surface area contributed by atoms with E-state index < -0.39 is 9.05 Å². The first-order chi connectivity index (χ1) is 7.50. The number of benzene rings is 1. The zero-order chi connectivity index (χ0) is 13.4. The Morgan fingerprint density at radius 2 is 1.88 bits per heavy atom. The maximum Gasteiger partial charge on any atom is 0.236 e. The molecule has 1 rings (SSSR count). The third kappa shape index (κ3) is 4.16. The Morgan fingerprint density at radius 1 is 1.35 bits per heavy atom. The first-order valence-corrected chi connectivity index (χ1v) is 8.22. The molecule has 0 unspecified atom stereocenters. The maximum atomic E-state index is 11.1. The highest BCUT2D eigenvalue weighted by Gasteiger charge is 2.22. The molecular weight excluding hydrogens is 328 g/mol. The van der Waals surface area contributed by atoms with E-state index in [1.165, 1.54) is 0 Å². The van der Waals surface area contributed by atoms with Gasteiger partial charge in [0.1, 0.15) is 5.75 Å². The Balaban J connectivity index is 3.39. The van der Waals surface area contributed by atoms with Crippen molar-refractivity contribution in [1.82, 2.24) is 0 Å². The van der Waals surface area contributed by atoms with Gasteiger partial charge >= 0.3 is 0 Å². The summed E-state index contributed by atoms with van der Waals surface area (Å²) in [6.07, 6.45) is 0. The molecule has 6 heteroatoms. The van der Waals surface area contributed by atoms with E-state index in [0.717, 1.165) is 4.47 Å². The number of hydrogen-bond acceptors (Lipinski definition) is 3. The molecule has 1 N–H and O–H groups in total. The molecule has 0 saturated carbocycles. The lowest BCUT2D eigenvalue weighted by molar-refractivity contribution is 0.441. The van der Waals surface area contributed by atoms with Crippen LogP contribution in [0.2, 0.25) is 0 Å². The van der Waals surface area contributed by atoms with Crippen LogP contribution >= 0.6 is 26.6 Å². The molecular formula is C11H14BrClO3S. The van der Waals surface area contributed by atoms with Crippen LogP contribution in [0.25, 0.3) is 0 Å². The van der Waals surface area contributed by atoms with E-state index in [-0.39, 0.29) is 16.9 Å². The molecule has 0 fully saturated rings. The van der Waals surface area contributed by atoms with Gasteiger partial charge in [0.25, 0.3) is 0 Å². The van der Waals surface area contributed by atoms with Gasteiger partial charge in [0.05, 0.1) is 5.75 Å². The average molecular weight is 342 g/mol. The van der Waals surface area contributed by atoms with Gasteiger partial charge in [0, 0.05) is 26.3 Å². The molecule has 0 aliphatic carbocycles. The summed E-state index contributed by atoms with van der Waals surface area (Å²) in [6, 6.07) is 3.34. The van der Waals surface area contributed by atoms with Gasteiger partial charge in [-0.25, -0.2) is 8.42 Å². The van der Waals surface area contributed by atoms with Crippen molar-refractivity contribution in [2.24, 2.45) is 0 Å². The summed E-state index contributed by atoms with van der Waals surface area (Å²) in [6.45, 7) is 5.81. The van der Waals surface area contributed by atoms with Crippen molar-refractivity contribution in [2.45, 2.75) is 31.9 Å². The van der Waals surface area contributed by atoms with Crippen molar-refractivity contribution in [1.29, 1.82) is 0 Å². The van der Waals surface area contributed by atoms with Crippen molar-refractivity contribution < 1.29 is 13.5 Å². The van der Waals surface area contributed by atoms with Crippen molar-refractivity contribution in [3.05, 3.63) is 27.7 Å². The fourth-order valence-corrected chi connectivity index (χ4v) is 2.97. The van der Waals surface area contributed by atoms with Gasteiger partial charge in [-0.1, -0.05) is 36.7 Å². The Labute approximate surface area is 114 Å². The van der Waals surface area contributed by atoms with Crippen LogP contribution in [-0.4, -0.2) is 13.5 Å². The quantitative estimate of drug-likeness (QED) is 0.837. The minimum Gasteiger partial charge on any atom is -0.507 e. The van der Waals surface area contributed by atoms with Crippen LogP contribution in [0.3, 0.4) is 0 Å². The van der Waals surface area contributed by atoms with Crippen LogP contribution in [0.5, 0.6) is 5.75 Å². The summed E-state index contributed by atoms with van der Waals surface area (Å²) < 4.78 is 22.8. The lowest BCUT2D eigenvalue weighted by Gasteiger charge is -2.22. The van der Waals surface area contributed by atoms with Gasteiger partial charge in [-0.3, -0.25) is 0 Å². The second kappa shape index (κ2) is 4.78. The largest absolute Gasteiger partial charge is 0.507 e. The second-order valence-electron chi connectivity index (χ2n) is 4.89. The smallest absolute Gasteiger partial charge is 0.236 e. The number of rotatable bonds is 2. The second-order valence-corrected chi connectivity index (χ2v) is 8.59. The molecule has 1 aromatic rings. The van der Waals surface area contributed by atoms with Gasteiger partial charge in [0.2, 0.25) is 9.05 Å². The molecule has 0 radical (unpaired) electrons. The van der Waals surface area contributed by atoms with E-state index in [2.05, 4.69) is 15.9 Å². The third-order valence-corrected chi connectivity index (χ3v) is 3.73. The molecule has 0 atom stereocenters. The van der Waals surface area contributed by atoms with Gasteiger partial charge in [-0.05, 0) is 17.5 Å². The summed E-state index contributed by atoms with van der Waals surface area (Å²) in [7, 11) is 1.52. The minimum atomic E-state index is -3.69. The zero-order valence-corrected chi connectivity index (χ0v) is 12.9. The molecule has 17 heavy (non-hydrogen) atoms. The zero-order valence-electron chi connectivity index (χ0n) is 9.79. The Bertz CT molecular complexity index is 532. The number of aromatic hydroxyl groups is 1. The molecule has 0 aliphatic heterocycles. The Hall–Kier alpha value is -0.260. The SMILES string of the molecule is CC(C)(C)c1cc(Br)cc(CS(=O)(=O)Cl)c1O. The van der Waals surface area contributed by atoms with Crippen LogP contribution in [0.4, 0.5) is 0 Å². The van der Waals surface area contributed by atoms with Crippen LogP contribution in [0.1, 0.15) is 31.9 Å². The van der Waals surface area contributed by atoms with Crippen LogP contribution < -0.4 is 0 Å². The lowest BCUT2D eigenvalue weighted by Crippen LogP contribution is -2.12. The monoisotopic (exact) mass is 340 g/mol. The normalized spacial score (nSPS) is 12.8. The molecule has 0 saturated heterocycles. The molecule has 0 heterocycles. The lowest BCUT2D eigenvalue weighted by atomic mass is 9.85. The number of halogens is 2. The fraction of sp³-hybridized carbons (Fsp3) is 0.455.